The number of rotatable bonds is 5. The highest BCUT2D eigenvalue weighted by Gasteiger charge is 2.15. The SMILES string of the molecule is COc1cccc(-n2c(SCc3cccnc3)nc3ccsc3c2=O)c1. The smallest absolute Gasteiger partial charge is 0.276 e. The molecule has 0 aliphatic heterocycles. The van der Waals surface area contributed by atoms with Crippen molar-refractivity contribution in [2.75, 3.05) is 7.11 Å². The van der Waals surface area contributed by atoms with Gasteiger partial charge in [-0.2, -0.15) is 0 Å². The van der Waals surface area contributed by atoms with Crippen LogP contribution in [0.1, 0.15) is 5.56 Å². The summed E-state index contributed by atoms with van der Waals surface area (Å²) in [5, 5.41) is 2.54. The summed E-state index contributed by atoms with van der Waals surface area (Å²) >= 11 is 2.93. The summed E-state index contributed by atoms with van der Waals surface area (Å²) in [6.45, 7) is 0. The molecular weight excluding hydrogens is 366 g/mol. The maximum atomic E-state index is 13.1. The average molecular weight is 381 g/mol. The van der Waals surface area contributed by atoms with E-state index in [1.165, 1.54) is 23.1 Å². The van der Waals surface area contributed by atoms with E-state index in [0.717, 1.165) is 16.8 Å². The molecule has 26 heavy (non-hydrogen) atoms. The Morgan fingerprint density at radius 2 is 2.15 bits per heavy atom. The summed E-state index contributed by atoms with van der Waals surface area (Å²) in [4.78, 5) is 21.9. The molecule has 0 saturated heterocycles. The molecule has 0 bridgehead atoms. The Bertz CT molecular complexity index is 1110. The van der Waals surface area contributed by atoms with Gasteiger partial charge in [-0.25, -0.2) is 4.98 Å². The zero-order valence-electron chi connectivity index (χ0n) is 14.0. The molecule has 0 unspecified atom stereocenters. The van der Waals surface area contributed by atoms with E-state index in [2.05, 4.69) is 4.98 Å². The van der Waals surface area contributed by atoms with Crippen molar-refractivity contribution in [1.29, 1.82) is 0 Å². The minimum absolute atomic E-state index is 0.0630. The van der Waals surface area contributed by atoms with Crippen LogP contribution in [0.3, 0.4) is 0 Å². The number of hydrogen-bond acceptors (Lipinski definition) is 6. The van der Waals surface area contributed by atoms with Gasteiger partial charge in [0.1, 0.15) is 10.4 Å². The maximum absolute atomic E-state index is 13.1. The van der Waals surface area contributed by atoms with E-state index < -0.39 is 0 Å². The quantitative estimate of drug-likeness (QED) is 0.384. The number of benzene rings is 1. The first-order valence-corrected chi connectivity index (χ1v) is 9.79. The first-order valence-electron chi connectivity index (χ1n) is 7.92. The van der Waals surface area contributed by atoms with E-state index in [1.54, 1.807) is 17.9 Å². The third-order valence-electron chi connectivity index (χ3n) is 3.85. The van der Waals surface area contributed by atoms with Gasteiger partial charge in [-0.05, 0) is 35.2 Å². The zero-order valence-corrected chi connectivity index (χ0v) is 15.6. The lowest BCUT2D eigenvalue weighted by atomic mass is 10.3. The second-order valence-electron chi connectivity index (χ2n) is 5.52. The second kappa shape index (κ2) is 7.31. The topological polar surface area (TPSA) is 57.0 Å². The third-order valence-corrected chi connectivity index (χ3v) is 5.75. The Hall–Kier alpha value is -2.64. The van der Waals surface area contributed by atoms with Crippen molar-refractivity contribution < 1.29 is 4.74 Å². The molecule has 0 fully saturated rings. The molecule has 0 aliphatic rings. The lowest BCUT2D eigenvalue weighted by Gasteiger charge is -2.13. The summed E-state index contributed by atoms with van der Waals surface area (Å²) in [6, 6.07) is 13.3. The Balaban J connectivity index is 1.83. The molecule has 1 aromatic carbocycles. The molecule has 0 radical (unpaired) electrons. The van der Waals surface area contributed by atoms with Crippen molar-refractivity contribution in [3.8, 4) is 11.4 Å². The Kier molecular flexibility index (Phi) is 4.73. The molecule has 7 heteroatoms. The number of fused-ring (bicyclic) bond motifs is 1. The van der Waals surface area contributed by atoms with Crippen LogP contribution in [0.2, 0.25) is 0 Å². The van der Waals surface area contributed by atoms with Crippen LogP contribution in [0.5, 0.6) is 5.75 Å². The minimum Gasteiger partial charge on any atom is -0.497 e. The van der Waals surface area contributed by atoms with Gasteiger partial charge in [0.15, 0.2) is 5.16 Å². The Labute approximate surface area is 158 Å². The molecule has 4 aromatic rings. The summed E-state index contributed by atoms with van der Waals surface area (Å²) in [7, 11) is 1.61. The standard InChI is InChI=1S/C19H15N3O2S2/c1-24-15-6-2-5-14(10-15)22-18(23)17-16(7-9-25-17)21-19(22)26-12-13-4-3-8-20-11-13/h2-11H,12H2,1H3. The summed E-state index contributed by atoms with van der Waals surface area (Å²) in [5.74, 6) is 1.38. The highest BCUT2D eigenvalue weighted by atomic mass is 32.2. The number of ether oxygens (including phenoxy) is 1. The number of pyridine rings is 1. The fraction of sp³-hybridized carbons (Fsp3) is 0.105. The van der Waals surface area contributed by atoms with Crippen molar-refractivity contribution in [1.82, 2.24) is 14.5 Å². The van der Waals surface area contributed by atoms with E-state index >= 15 is 0 Å². The average Bonchev–Trinajstić information content (AvgIpc) is 3.16. The molecule has 0 atom stereocenters. The monoisotopic (exact) mass is 381 g/mol. The van der Waals surface area contributed by atoms with Crippen LogP contribution < -0.4 is 10.3 Å². The maximum Gasteiger partial charge on any atom is 0.276 e. The van der Waals surface area contributed by atoms with Crippen molar-refractivity contribution in [2.45, 2.75) is 10.9 Å². The fourth-order valence-electron chi connectivity index (χ4n) is 2.60. The largest absolute Gasteiger partial charge is 0.497 e. The predicted octanol–water partition coefficient (Wildman–Crippen LogP) is 4.14. The molecule has 0 N–H and O–H groups in total. The Morgan fingerprint density at radius 3 is 2.96 bits per heavy atom. The first-order chi connectivity index (χ1) is 12.8. The molecule has 5 nitrogen and oxygen atoms in total. The van der Waals surface area contributed by atoms with Gasteiger partial charge in [-0.1, -0.05) is 23.9 Å². The van der Waals surface area contributed by atoms with E-state index in [0.29, 0.717) is 21.4 Å². The molecule has 0 spiro atoms. The normalized spacial score (nSPS) is 11.0. The second-order valence-corrected chi connectivity index (χ2v) is 7.38. The first kappa shape index (κ1) is 16.8. The van der Waals surface area contributed by atoms with Gasteiger partial charge in [-0.3, -0.25) is 14.3 Å². The van der Waals surface area contributed by atoms with Gasteiger partial charge in [0.25, 0.3) is 5.56 Å². The lowest BCUT2D eigenvalue weighted by molar-refractivity contribution is 0.414. The van der Waals surface area contributed by atoms with Gasteiger partial charge < -0.3 is 4.74 Å². The van der Waals surface area contributed by atoms with Crippen LogP contribution in [0.25, 0.3) is 15.9 Å². The number of thiophene rings is 1. The molecule has 0 amide bonds. The highest BCUT2D eigenvalue weighted by molar-refractivity contribution is 7.98. The van der Waals surface area contributed by atoms with Crippen LogP contribution in [-0.4, -0.2) is 21.6 Å². The Morgan fingerprint density at radius 1 is 1.23 bits per heavy atom. The number of aromatic nitrogens is 3. The van der Waals surface area contributed by atoms with Crippen molar-refractivity contribution in [3.05, 3.63) is 76.2 Å². The van der Waals surface area contributed by atoms with Crippen molar-refractivity contribution >= 4 is 33.3 Å². The number of nitrogens with zero attached hydrogens (tertiary/aromatic N) is 3. The molecule has 0 saturated carbocycles. The van der Waals surface area contributed by atoms with E-state index in [9.17, 15) is 4.79 Å². The third kappa shape index (κ3) is 3.23. The van der Waals surface area contributed by atoms with Gasteiger partial charge in [0.2, 0.25) is 0 Å². The van der Waals surface area contributed by atoms with Gasteiger partial charge >= 0.3 is 0 Å². The molecule has 130 valence electrons. The lowest BCUT2D eigenvalue weighted by Crippen LogP contribution is -2.20. The fourth-order valence-corrected chi connectivity index (χ4v) is 4.30. The number of thioether (sulfide) groups is 1. The van der Waals surface area contributed by atoms with Crippen LogP contribution in [0.15, 0.2) is 70.2 Å². The molecular formula is C19H15N3O2S2. The van der Waals surface area contributed by atoms with Gasteiger partial charge in [0.05, 0.1) is 18.3 Å². The molecule has 3 heterocycles. The van der Waals surface area contributed by atoms with Crippen LogP contribution in [0, 0.1) is 0 Å². The minimum atomic E-state index is -0.0630. The van der Waals surface area contributed by atoms with Gasteiger partial charge in [-0.15, -0.1) is 11.3 Å². The molecule has 0 aliphatic carbocycles. The van der Waals surface area contributed by atoms with Crippen molar-refractivity contribution in [3.63, 3.8) is 0 Å². The van der Waals surface area contributed by atoms with Crippen LogP contribution in [0.4, 0.5) is 0 Å². The number of hydrogen-bond donors (Lipinski definition) is 0. The van der Waals surface area contributed by atoms with E-state index in [-0.39, 0.29) is 5.56 Å². The predicted molar refractivity (Wildman–Crippen MR) is 106 cm³/mol. The van der Waals surface area contributed by atoms with Crippen LogP contribution >= 0.6 is 23.1 Å². The summed E-state index contributed by atoms with van der Waals surface area (Å²) < 4.78 is 7.62. The van der Waals surface area contributed by atoms with Gasteiger partial charge in [0, 0.05) is 24.2 Å². The van der Waals surface area contributed by atoms with Crippen molar-refractivity contribution in [2.24, 2.45) is 0 Å². The summed E-state index contributed by atoms with van der Waals surface area (Å²) in [6.07, 6.45) is 3.57. The van der Waals surface area contributed by atoms with Crippen LogP contribution in [-0.2, 0) is 5.75 Å². The highest BCUT2D eigenvalue weighted by Crippen LogP contribution is 2.27. The number of methoxy groups -OCH3 is 1. The molecule has 4 rings (SSSR count). The zero-order chi connectivity index (χ0) is 17.9. The molecule has 3 aromatic heterocycles. The van der Waals surface area contributed by atoms with E-state index in [4.69, 9.17) is 9.72 Å². The van der Waals surface area contributed by atoms with E-state index in [1.807, 2.05) is 54.0 Å². The summed E-state index contributed by atoms with van der Waals surface area (Å²) in [5.41, 5.74) is 2.49.